The molecule has 1 fully saturated rings. The van der Waals surface area contributed by atoms with Crippen molar-refractivity contribution in [3.63, 3.8) is 0 Å². The normalized spacial score (nSPS) is 34.2. The molecule has 1 rings (SSSR count). The zero-order valence-electron chi connectivity index (χ0n) is 6.68. The van der Waals surface area contributed by atoms with E-state index in [9.17, 15) is 0 Å². The first-order valence-corrected chi connectivity index (χ1v) is 4.20. The molecule has 2 N–H and O–H groups in total. The molecule has 0 radical (unpaired) electrons. The molecule has 0 atom stereocenters. The molecule has 1 aliphatic carbocycles. The molecule has 1 aliphatic rings. The minimum atomic E-state index is 0.441. The molecule has 0 amide bonds. The second kappa shape index (κ2) is 3.94. The maximum absolute atomic E-state index is 5.74. The van der Waals surface area contributed by atoms with E-state index >= 15 is 0 Å². The Labute approximate surface area is 62.7 Å². The van der Waals surface area contributed by atoms with E-state index in [4.69, 9.17) is 10.5 Å². The highest BCUT2D eigenvalue weighted by Gasteiger charge is 2.17. The van der Waals surface area contributed by atoms with E-state index in [2.05, 4.69) is 6.92 Å². The van der Waals surface area contributed by atoms with Crippen molar-refractivity contribution in [1.82, 2.24) is 0 Å². The summed E-state index contributed by atoms with van der Waals surface area (Å²) in [6.45, 7) is 2.90. The smallest absolute Gasteiger partial charge is 0.0576 e. The fourth-order valence-corrected chi connectivity index (χ4v) is 1.49. The second-order valence-electron chi connectivity index (χ2n) is 2.99. The lowest BCUT2D eigenvalue weighted by atomic mass is 9.94. The maximum atomic E-state index is 5.74. The van der Waals surface area contributed by atoms with Gasteiger partial charge in [-0.05, 0) is 32.6 Å². The highest BCUT2D eigenvalue weighted by atomic mass is 16.5. The van der Waals surface area contributed by atoms with Crippen LogP contribution in [-0.4, -0.2) is 18.8 Å². The lowest BCUT2D eigenvalue weighted by Gasteiger charge is -2.25. The van der Waals surface area contributed by atoms with Crippen molar-refractivity contribution in [2.24, 2.45) is 5.73 Å². The van der Waals surface area contributed by atoms with Gasteiger partial charge >= 0.3 is 0 Å². The van der Waals surface area contributed by atoms with Gasteiger partial charge < -0.3 is 10.5 Å². The van der Waals surface area contributed by atoms with Gasteiger partial charge in [-0.3, -0.25) is 0 Å². The van der Waals surface area contributed by atoms with Crippen molar-refractivity contribution in [1.29, 1.82) is 0 Å². The van der Waals surface area contributed by atoms with Crippen molar-refractivity contribution in [2.45, 2.75) is 44.8 Å². The van der Waals surface area contributed by atoms with Crippen LogP contribution in [-0.2, 0) is 4.74 Å². The quantitative estimate of drug-likeness (QED) is 0.632. The molecule has 0 bridgehead atoms. The van der Waals surface area contributed by atoms with E-state index in [1.165, 1.54) is 0 Å². The number of ether oxygens (including phenoxy) is 1. The Morgan fingerprint density at radius 3 is 2.40 bits per heavy atom. The second-order valence-corrected chi connectivity index (χ2v) is 2.99. The molecule has 10 heavy (non-hydrogen) atoms. The monoisotopic (exact) mass is 143 g/mol. The molecule has 0 spiro atoms. The molecule has 2 heteroatoms. The molecule has 60 valence electrons. The molecule has 0 aromatic heterocycles. The first kappa shape index (κ1) is 8.02. The third kappa shape index (κ3) is 2.27. The van der Waals surface area contributed by atoms with Gasteiger partial charge in [0.15, 0.2) is 0 Å². The molecule has 0 saturated heterocycles. The van der Waals surface area contributed by atoms with Crippen molar-refractivity contribution >= 4 is 0 Å². The number of hydrogen-bond donors (Lipinski definition) is 1. The van der Waals surface area contributed by atoms with Crippen LogP contribution in [0.25, 0.3) is 0 Å². The zero-order chi connectivity index (χ0) is 7.40. The molecule has 1 saturated carbocycles. The number of hydrogen-bond acceptors (Lipinski definition) is 2. The lowest BCUT2D eigenvalue weighted by molar-refractivity contribution is 0.0333. The lowest BCUT2D eigenvalue weighted by Crippen LogP contribution is -2.30. The number of rotatable bonds is 2. The Kier molecular flexibility index (Phi) is 3.16. The summed E-state index contributed by atoms with van der Waals surface area (Å²) >= 11 is 0. The van der Waals surface area contributed by atoms with Gasteiger partial charge in [0, 0.05) is 12.6 Å². The standard InChI is InChI=1S/C8H17NO/c1-2-10-8-5-3-7(9)4-6-8/h7-8H,2-6,9H2,1H3/t7-,8-. The van der Waals surface area contributed by atoms with E-state index in [0.717, 1.165) is 32.3 Å². The molecule has 0 aromatic rings. The van der Waals surface area contributed by atoms with Gasteiger partial charge in [0.1, 0.15) is 0 Å². The van der Waals surface area contributed by atoms with Crippen molar-refractivity contribution in [3.05, 3.63) is 0 Å². The maximum Gasteiger partial charge on any atom is 0.0576 e. The van der Waals surface area contributed by atoms with Gasteiger partial charge in [-0.1, -0.05) is 0 Å². The number of nitrogens with two attached hydrogens (primary N) is 1. The molecule has 2 nitrogen and oxygen atoms in total. The third-order valence-corrected chi connectivity index (χ3v) is 2.12. The van der Waals surface area contributed by atoms with Crippen LogP contribution in [0.5, 0.6) is 0 Å². The Bertz CT molecular complexity index is 87.3. The molecule has 0 aliphatic heterocycles. The van der Waals surface area contributed by atoms with E-state index < -0.39 is 0 Å². The van der Waals surface area contributed by atoms with Crippen LogP contribution in [0.2, 0.25) is 0 Å². The van der Waals surface area contributed by atoms with Crippen molar-refractivity contribution in [2.75, 3.05) is 6.61 Å². The molecule has 0 aromatic carbocycles. The summed E-state index contributed by atoms with van der Waals surface area (Å²) in [6, 6.07) is 0.441. The van der Waals surface area contributed by atoms with Crippen LogP contribution in [0.3, 0.4) is 0 Å². The highest BCUT2D eigenvalue weighted by molar-refractivity contribution is 4.74. The van der Waals surface area contributed by atoms with Crippen LogP contribution >= 0.6 is 0 Å². The third-order valence-electron chi connectivity index (χ3n) is 2.12. The van der Waals surface area contributed by atoms with E-state index in [1.807, 2.05) is 0 Å². The van der Waals surface area contributed by atoms with Crippen LogP contribution in [0.15, 0.2) is 0 Å². The predicted molar refractivity (Wildman–Crippen MR) is 41.9 cm³/mol. The molecule has 0 unspecified atom stereocenters. The average molecular weight is 143 g/mol. The molecular formula is C8H17NO. The summed E-state index contributed by atoms with van der Waals surface area (Å²) in [7, 11) is 0. The summed E-state index contributed by atoms with van der Waals surface area (Å²) in [6.07, 6.45) is 5.11. The summed E-state index contributed by atoms with van der Waals surface area (Å²) in [4.78, 5) is 0. The average Bonchev–Trinajstić information content (AvgIpc) is 1.95. The van der Waals surface area contributed by atoms with Crippen molar-refractivity contribution in [3.8, 4) is 0 Å². The first-order chi connectivity index (χ1) is 4.83. The summed E-state index contributed by atoms with van der Waals surface area (Å²) in [5, 5.41) is 0. The zero-order valence-corrected chi connectivity index (χ0v) is 6.68. The highest BCUT2D eigenvalue weighted by Crippen LogP contribution is 2.19. The van der Waals surface area contributed by atoms with Crippen molar-refractivity contribution < 1.29 is 4.74 Å². The van der Waals surface area contributed by atoms with E-state index in [-0.39, 0.29) is 0 Å². The van der Waals surface area contributed by atoms with E-state index in [0.29, 0.717) is 12.1 Å². The first-order valence-electron chi connectivity index (χ1n) is 4.20. The minimum Gasteiger partial charge on any atom is -0.379 e. The molecule has 0 heterocycles. The Balaban J connectivity index is 2.13. The predicted octanol–water partition coefficient (Wildman–Crippen LogP) is 1.29. The Hall–Kier alpha value is -0.0800. The fraction of sp³-hybridized carbons (Fsp3) is 1.00. The van der Waals surface area contributed by atoms with Crippen LogP contribution in [0.1, 0.15) is 32.6 Å². The topological polar surface area (TPSA) is 35.2 Å². The van der Waals surface area contributed by atoms with Gasteiger partial charge in [-0.15, -0.1) is 0 Å². The summed E-state index contributed by atoms with van der Waals surface area (Å²) in [5.74, 6) is 0. The SMILES string of the molecule is CCO[C@H]1CC[C@H](N)CC1. The van der Waals surface area contributed by atoms with Gasteiger partial charge in [0.05, 0.1) is 6.10 Å². The van der Waals surface area contributed by atoms with Gasteiger partial charge in [0.2, 0.25) is 0 Å². The fourth-order valence-electron chi connectivity index (χ4n) is 1.49. The summed E-state index contributed by atoms with van der Waals surface area (Å²) in [5.41, 5.74) is 5.74. The van der Waals surface area contributed by atoms with Gasteiger partial charge in [0.25, 0.3) is 0 Å². The van der Waals surface area contributed by atoms with E-state index in [1.54, 1.807) is 0 Å². The Morgan fingerprint density at radius 1 is 1.30 bits per heavy atom. The molecular weight excluding hydrogens is 126 g/mol. The van der Waals surface area contributed by atoms with Gasteiger partial charge in [-0.25, -0.2) is 0 Å². The van der Waals surface area contributed by atoms with Crippen LogP contribution in [0, 0.1) is 0 Å². The van der Waals surface area contributed by atoms with Crippen LogP contribution < -0.4 is 5.73 Å². The summed E-state index contributed by atoms with van der Waals surface area (Å²) < 4.78 is 5.48. The Morgan fingerprint density at radius 2 is 1.90 bits per heavy atom. The van der Waals surface area contributed by atoms with Gasteiger partial charge in [-0.2, -0.15) is 0 Å². The van der Waals surface area contributed by atoms with Crippen LogP contribution in [0.4, 0.5) is 0 Å². The largest absolute Gasteiger partial charge is 0.379 e. The minimum absolute atomic E-state index is 0.441.